The number of hydrogen-bond donors (Lipinski definition) is 0. The molecule has 0 aromatic heterocycles. The number of nitro benzene ring substituents is 1. The summed E-state index contributed by atoms with van der Waals surface area (Å²) in [5.74, 6) is 1.21. The molecule has 1 atom stereocenters. The SMILES string of the molecule is COc1ccc(OC)c(C2CCCN2S(=O)(=O)c2ccc([N+](=O)[O-])cc2)c1. The van der Waals surface area contributed by atoms with Gasteiger partial charge in [-0.05, 0) is 43.2 Å². The molecule has 2 aromatic carbocycles. The zero-order chi connectivity index (χ0) is 19.6. The Balaban J connectivity index is 1.99. The van der Waals surface area contributed by atoms with Crippen LogP contribution in [0.3, 0.4) is 0 Å². The van der Waals surface area contributed by atoms with E-state index in [-0.39, 0.29) is 10.6 Å². The van der Waals surface area contributed by atoms with Gasteiger partial charge >= 0.3 is 0 Å². The van der Waals surface area contributed by atoms with Gasteiger partial charge in [0.2, 0.25) is 10.0 Å². The summed E-state index contributed by atoms with van der Waals surface area (Å²) < 4.78 is 38.4. The fourth-order valence-corrected chi connectivity index (χ4v) is 4.99. The molecule has 1 saturated heterocycles. The van der Waals surface area contributed by atoms with Gasteiger partial charge in [0, 0.05) is 24.2 Å². The second-order valence-electron chi connectivity index (χ2n) is 6.13. The standard InChI is InChI=1S/C18H20N2O6S/c1-25-14-7-10-18(26-2)16(12-14)17-4-3-11-19(17)27(23,24)15-8-5-13(6-9-15)20(21)22/h5-10,12,17H,3-4,11H2,1-2H3. The van der Waals surface area contributed by atoms with Gasteiger partial charge in [0.1, 0.15) is 11.5 Å². The number of nitro groups is 1. The van der Waals surface area contributed by atoms with Gasteiger partial charge in [0.05, 0.1) is 30.1 Å². The summed E-state index contributed by atoms with van der Waals surface area (Å²) in [6.07, 6.45) is 1.35. The monoisotopic (exact) mass is 392 g/mol. The first-order valence-electron chi connectivity index (χ1n) is 8.36. The van der Waals surface area contributed by atoms with Gasteiger partial charge in [-0.15, -0.1) is 0 Å². The maximum atomic E-state index is 13.1. The molecule has 0 N–H and O–H groups in total. The van der Waals surface area contributed by atoms with Gasteiger partial charge in [0.15, 0.2) is 0 Å². The third kappa shape index (κ3) is 3.60. The van der Waals surface area contributed by atoms with Crippen LogP contribution in [0.1, 0.15) is 24.4 Å². The Hall–Kier alpha value is -2.65. The van der Waals surface area contributed by atoms with Crippen LogP contribution in [-0.2, 0) is 10.0 Å². The molecule has 0 radical (unpaired) electrons. The molecule has 1 aliphatic rings. The summed E-state index contributed by atoms with van der Waals surface area (Å²) in [6, 6.07) is 9.84. The van der Waals surface area contributed by atoms with Crippen molar-refractivity contribution in [1.82, 2.24) is 4.31 Å². The van der Waals surface area contributed by atoms with Crippen LogP contribution in [0.4, 0.5) is 5.69 Å². The van der Waals surface area contributed by atoms with Crippen molar-refractivity contribution in [3.63, 3.8) is 0 Å². The molecule has 1 unspecified atom stereocenters. The van der Waals surface area contributed by atoms with E-state index >= 15 is 0 Å². The van der Waals surface area contributed by atoms with Gasteiger partial charge < -0.3 is 9.47 Å². The minimum Gasteiger partial charge on any atom is -0.497 e. The lowest BCUT2D eigenvalue weighted by molar-refractivity contribution is -0.384. The van der Waals surface area contributed by atoms with E-state index in [1.165, 1.54) is 35.7 Å². The second kappa shape index (κ2) is 7.53. The van der Waals surface area contributed by atoms with Crippen LogP contribution >= 0.6 is 0 Å². The number of benzene rings is 2. The molecular weight excluding hydrogens is 372 g/mol. The first-order valence-corrected chi connectivity index (χ1v) is 9.80. The Morgan fingerprint density at radius 2 is 1.81 bits per heavy atom. The van der Waals surface area contributed by atoms with Crippen LogP contribution in [0.25, 0.3) is 0 Å². The van der Waals surface area contributed by atoms with Crippen molar-refractivity contribution in [2.75, 3.05) is 20.8 Å². The first kappa shape index (κ1) is 19.1. The minimum atomic E-state index is -3.81. The number of non-ortho nitro benzene ring substituents is 1. The van der Waals surface area contributed by atoms with Gasteiger partial charge in [0.25, 0.3) is 5.69 Å². The van der Waals surface area contributed by atoms with Gasteiger partial charge in [-0.25, -0.2) is 8.42 Å². The molecule has 0 saturated carbocycles. The van der Waals surface area contributed by atoms with E-state index in [4.69, 9.17) is 9.47 Å². The number of rotatable bonds is 6. The molecule has 144 valence electrons. The van der Waals surface area contributed by atoms with Crippen LogP contribution in [-0.4, -0.2) is 38.4 Å². The topological polar surface area (TPSA) is 99.0 Å². The number of ether oxygens (including phenoxy) is 2. The summed E-state index contributed by atoms with van der Waals surface area (Å²) in [7, 11) is -0.724. The van der Waals surface area contributed by atoms with Crippen molar-refractivity contribution in [1.29, 1.82) is 0 Å². The molecule has 0 spiro atoms. The van der Waals surface area contributed by atoms with E-state index in [0.29, 0.717) is 30.9 Å². The van der Waals surface area contributed by atoms with Crippen LogP contribution in [0.15, 0.2) is 47.4 Å². The van der Waals surface area contributed by atoms with Crippen LogP contribution in [0, 0.1) is 10.1 Å². The zero-order valence-electron chi connectivity index (χ0n) is 15.0. The Morgan fingerprint density at radius 3 is 2.41 bits per heavy atom. The number of methoxy groups -OCH3 is 2. The minimum absolute atomic E-state index is 0.0295. The van der Waals surface area contributed by atoms with Crippen molar-refractivity contribution in [3.8, 4) is 11.5 Å². The summed E-state index contributed by atoms with van der Waals surface area (Å²) in [4.78, 5) is 10.3. The van der Waals surface area contributed by atoms with Crippen LogP contribution in [0.5, 0.6) is 11.5 Å². The van der Waals surface area contributed by atoms with Crippen LogP contribution < -0.4 is 9.47 Å². The van der Waals surface area contributed by atoms with E-state index in [1.807, 2.05) is 0 Å². The van der Waals surface area contributed by atoms with Crippen molar-refractivity contribution < 1.29 is 22.8 Å². The van der Waals surface area contributed by atoms with Crippen molar-refractivity contribution in [3.05, 3.63) is 58.1 Å². The van der Waals surface area contributed by atoms with Crippen molar-refractivity contribution in [2.24, 2.45) is 0 Å². The first-order chi connectivity index (χ1) is 12.9. The molecule has 1 heterocycles. The maximum Gasteiger partial charge on any atom is 0.269 e. The zero-order valence-corrected chi connectivity index (χ0v) is 15.8. The molecule has 0 amide bonds. The van der Waals surface area contributed by atoms with E-state index in [1.54, 1.807) is 25.3 Å². The Labute approximate surface area is 157 Å². The maximum absolute atomic E-state index is 13.1. The molecule has 8 nitrogen and oxygen atoms in total. The van der Waals surface area contributed by atoms with E-state index in [2.05, 4.69) is 0 Å². The van der Waals surface area contributed by atoms with E-state index in [9.17, 15) is 18.5 Å². The normalized spacial score (nSPS) is 17.6. The molecule has 27 heavy (non-hydrogen) atoms. The van der Waals surface area contributed by atoms with Gasteiger partial charge in [-0.2, -0.15) is 4.31 Å². The number of sulfonamides is 1. The second-order valence-corrected chi connectivity index (χ2v) is 8.02. The van der Waals surface area contributed by atoms with E-state index in [0.717, 1.165) is 5.56 Å². The molecule has 3 rings (SSSR count). The largest absolute Gasteiger partial charge is 0.497 e. The lowest BCUT2D eigenvalue weighted by atomic mass is 10.0. The summed E-state index contributed by atoms with van der Waals surface area (Å²) >= 11 is 0. The number of hydrogen-bond acceptors (Lipinski definition) is 6. The average Bonchev–Trinajstić information content (AvgIpc) is 3.18. The number of nitrogens with zero attached hydrogens (tertiary/aromatic N) is 2. The smallest absolute Gasteiger partial charge is 0.269 e. The lowest BCUT2D eigenvalue weighted by Gasteiger charge is -2.26. The highest BCUT2D eigenvalue weighted by Crippen LogP contribution is 2.41. The predicted molar refractivity (Wildman–Crippen MR) is 98.5 cm³/mol. The fraction of sp³-hybridized carbons (Fsp3) is 0.333. The molecule has 0 aliphatic carbocycles. The summed E-state index contributed by atoms with van der Waals surface area (Å²) in [6.45, 7) is 0.365. The molecule has 2 aromatic rings. The Bertz CT molecular complexity index is 943. The van der Waals surface area contributed by atoms with Gasteiger partial charge in [-0.1, -0.05) is 0 Å². The Morgan fingerprint density at radius 1 is 1.11 bits per heavy atom. The molecule has 9 heteroatoms. The average molecular weight is 392 g/mol. The molecule has 0 bridgehead atoms. The highest BCUT2D eigenvalue weighted by atomic mass is 32.2. The quantitative estimate of drug-likeness (QED) is 0.553. The molecule has 1 aliphatic heterocycles. The lowest BCUT2D eigenvalue weighted by Crippen LogP contribution is -2.30. The Kier molecular flexibility index (Phi) is 5.33. The highest BCUT2D eigenvalue weighted by Gasteiger charge is 2.37. The fourth-order valence-electron chi connectivity index (χ4n) is 3.31. The van der Waals surface area contributed by atoms with E-state index < -0.39 is 21.0 Å². The highest BCUT2D eigenvalue weighted by molar-refractivity contribution is 7.89. The summed E-state index contributed by atoms with van der Waals surface area (Å²) in [5.41, 5.74) is 0.584. The van der Waals surface area contributed by atoms with Crippen LogP contribution in [0.2, 0.25) is 0 Å². The third-order valence-corrected chi connectivity index (χ3v) is 6.58. The molecule has 1 fully saturated rings. The summed E-state index contributed by atoms with van der Waals surface area (Å²) in [5, 5.41) is 10.8. The van der Waals surface area contributed by atoms with Crippen molar-refractivity contribution >= 4 is 15.7 Å². The predicted octanol–water partition coefficient (Wildman–Crippen LogP) is 3.14. The third-order valence-electron chi connectivity index (χ3n) is 4.65. The molecular formula is C18H20N2O6S. The van der Waals surface area contributed by atoms with Gasteiger partial charge in [-0.3, -0.25) is 10.1 Å². The van der Waals surface area contributed by atoms with Crippen molar-refractivity contribution in [2.45, 2.75) is 23.8 Å².